The van der Waals surface area contributed by atoms with Crippen LogP contribution in [0.15, 0.2) is 84.9 Å². The summed E-state index contributed by atoms with van der Waals surface area (Å²) in [5.41, 5.74) is 2.94. The Morgan fingerprint density at radius 2 is 1.58 bits per heavy atom. The minimum absolute atomic E-state index is 0.0374. The number of carbonyl (C=O) groups excluding carboxylic acids is 2. The van der Waals surface area contributed by atoms with Crippen molar-refractivity contribution in [3.8, 4) is 28.5 Å². The fourth-order valence-corrected chi connectivity index (χ4v) is 5.51. The van der Waals surface area contributed by atoms with Crippen LogP contribution in [-0.2, 0) is 4.79 Å². The highest BCUT2D eigenvalue weighted by Crippen LogP contribution is 2.32. The van der Waals surface area contributed by atoms with Gasteiger partial charge in [-0.3, -0.25) is 9.59 Å². The fraction of sp³-hybridized carbons (Fsp3) is 0.314. The monoisotopic (exact) mass is 609 g/mol. The van der Waals surface area contributed by atoms with Gasteiger partial charge in [-0.25, -0.2) is 0 Å². The molecule has 2 amide bonds. The molecular formula is C35H39N5O5. The molecule has 0 spiro atoms. The second kappa shape index (κ2) is 14.6. The molecule has 10 nitrogen and oxygen atoms in total. The van der Waals surface area contributed by atoms with Gasteiger partial charge in [0.2, 0.25) is 5.91 Å². The number of ether oxygens (including phenoxy) is 3. The molecule has 234 valence electrons. The summed E-state index contributed by atoms with van der Waals surface area (Å²) in [6.07, 6.45) is 0.763. The zero-order valence-electron chi connectivity index (χ0n) is 26.2. The molecule has 4 aromatic rings. The van der Waals surface area contributed by atoms with E-state index in [9.17, 15) is 9.59 Å². The van der Waals surface area contributed by atoms with Crippen LogP contribution >= 0.6 is 0 Å². The average Bonchev–Trinajstić information content (AvgIpc) is 3.37. The zero-order chi connectivity index (χ0) is 31.8. The molecule has 1 unspecified atom stereocenters. The van der Waals surface area contributed by atoms with Crippen LogP contribution in [0.1, 0.15) is 35.3 Å². The molecule has 0 bridgehead atoms. The number of aromatic nitrogens is 2. The molecule has 1 aliphatic heterocycles. The minimum Gasteiger partial charge on any atom is -0.497 e. The van der Waals surface area contributed by atoms with Crippen molar-refractivity contribution >= 4 is 17.6 Å². The molecule has 1 saturated heterocycles. The van der Waals surface area contributed by atoms with Gasteiger partial charge in [0.05, 0.1) is 33.1 Å². The second-order valence-corrected chi connectivity index (χ2v) is 10.8. The number of nitrogens with zero attached hydrogens (tertiary/aromatic N) is 5. The second-order valence-electron chi connectivity index (χ2n) is 10.8. The van der Waals surface area contributed by atoms with E-state index in [1.807, 2.05) is 72.5 Å². The Morgan fingerprint density at radius 3 is 2.29 bits per heavy atom. The van der Waals surface area contributed by atoms with Crippen molar-refractivity contribution in [3.05, 3.63) is 96.1 Å². The first-order valence-electron chi connectivity index (χ1n) is 15.0. The molecule has 1 aliphatic rings. The Hall–Kier alpha value is -5.12. The lowest BCUT2D eigenvalue weighted by Crippen LogP contribution is -2.45. The largest absolute Gasteiger partial charge is 0.497 e. The number of methoxy groups -OCH3 is 3. The molecule has 0 N–H and O–H groups in total. The van der Waals surface area contributed by atoms with Crippen molar-refractivity contribution in [2.45, 2.75) is 19.4 Å². The molecule has 2 heterocycles. The summed E-state index contributed by atoms with van der Waals surface area (Å²) in [6.45, 7) is 4.35. The number of anilines is 1. The topological polar surface area (TPSA) is 97.3 Å². The highest BCUT2D eigenvalue weighted by atomic mass is 16.5. The molecule has 0 radical (unpaired) electrons. The maximum Gasteiger partial charge on any atom is 0.254 e. The zero-order valence-corrected chi connectivity index (χ0v) is 26.2. The van der Waals surface area contributed by atoms with Gasteiger partial charge in [-0.1, -0.05) is 36.4 Å². The minimum atomic E-state index is -0.310. The summed E-state index contributed by atoms with van der Waals surface area (Å²) in [6, 6.07) is 25.9. The van der Waals surface area contributed by atoms with Gasteiger partial charge >= 0.3 is 0 Å². The van der Waals surface area contributed by atoms with Gasteiger partial charge < -0.3 is 28.9 Å². The van der Waals surface area contributed by atoms with Gasteiger partial charge in [-0.15, -0.1) is 10.2 Å². The van der Waals surface area contributed by atoms with E-state index in [0.29, 0.717) is 48.1 Å². The molecular weight excluding hydrogens is 570 g/mol. The maximum absolute atomic E-state index is 13.8. The molecule has 10 heteroatoms. The molecule has 1 fully saturated rings. The van der Waals surface area contributed by atoms with Gasteiger partial charge in [-0.05, 0) is 61.4 Å². The third-order valence-corrected chi connectivity index (χ3v) is 8.14. The maximum atomic E-state index is 13.8. The van der Waals surface area contributed by atoms with Gasteiger partial charge in [-0.2, -0.15) is 0 Å². The number of carbonyl (C=O) groups is 2. The van der Waals surface area contributed by atoms with Crippen LogP contribution in [0.2, 0.25) is 0 Å². The van der Waals surface area contributed by atoms with Crippen LogP contribution in [0.25, 0.3) is 11.3 Å². The van der Waals surface area contributed by atoms with Gasteiger partial charge in [0.15, 0.2) is 5.82 Å². The fourth-order valence-electron chi connectivity index (χ4n) is 5.51. The molecule has 0 aliphatic carbocycles. The van der Waals surface area contributed by atoms with E-state index in [0.717, 1.165) is 29.9 Å². The number of hydrogen-bond acceptors (Lipinski definition) is 8. The smallest absolute Gasteiger partial charge is 0.254 e. The normalized spacial score (nSPS) is 13.9. The van der Waals surface area contributed by atoms with Crippen molar-refractivity contribution < 1.29 is 23.8 Å². The Balaban J connectivity index is 1.28. The summed E-state index contributed by atoms with van der Waals surface area (Å²) < 4.78 is 16.2. The van der Waals surface area contributed by atoms with Crippen LogP contribution < -0.4 is 19.1 Å². The summed E-state index contributed by atoms with van der Waals surface area (Å²) in [7, 11) is 4.79. The first-order valence-corrected chi connectivity index (χ1v) is 15.0. The van der Waals surface area contributed by atoms with Crippen molar-refractivity contribution in [2.75, 3.05) is 59.0 Å². The lowest BCUT2D eigenvalue weighted by molar-refractivity contribution is -0.132. The Kier molecular flexibility index (Phi) is 10.1. The number of benzene rings is 3. The van der Waals surface area contributed by atoms with E-state index in [-0.39, 0.29) is 24.4 Å². The SMILES string of the molecule is COc1cccc(C(=O)N(CC(=O)N2CCCN(c3ccc(-c4ccc(OC)cc4OC)nn3)CC2)C(C)c2ccccc2)c1. The van der Waals surface area contributed by atoms with Crippen LogP contribution in [0, 0.1) is 0 Å². The molecule has 0 saturated carbocycles. The number of hydrogen-bond donors (Lipinski definition) is 0. The van der Waals surface area contributed by atoms with E-state index in [4.69, 9.17) is 14.2 Å². The lowest BCUT2D eigenvalue weighted by atomic mass is 10.1. The highest BCUT2D eigenvalue weighted by Gasteiger charge is 2.29. The standard InChI is InChI=1S/C35H39N5O5/c1-25(26-10-6-5-7-11-26)40(35(42)27-12-8-13-28(22-27)43-2)24-34(41)39-19-9-18-38(20-21-39)33-17-16-31(36-37-33)30-15-14-29(44-3)23-32(30)45-4/h5-8,10-17,22-23,25H,9,18-21,24H2,1-4H3. The van der Waals surface area contributed by atoms with E-state index < -0.39 is 0 Å². The molecule has 1 atom stereocenters. The van der Waals surface area contributed by atoms with Crippen LogP contribution in [0.4, 0.5) is 5.82 Å². The lowest BCUT2D eigenvalue weighted by Gasteiger charge is -2.32. The Labute approximate surface area is 264 Å². The number of rotatable bonds is 10. The van der Waals surface area contributed by atoms with E-state index in [1.54, 1.807) is 50.5 Å². The summed E-state index contributed by atoms with van der Waals surface area (Å²) in [5.74, 6) is 2.37. The quantitative estimate of drug-likeness (QED) is 0.245. The summed E-state index contributed by atoms with van der Waals surface area (Å²) in [5, 5.41) is 8.98. The molecule has 3 aromatic carbocycles. The average molecular weight is 610 g/mol. The van der Waals surface area contributed by atoms with E-state index >= 15 is 0 Å². The van der Waals surface area contributed by atoms with Crippen LogP contribution in [0.3, 0.4) is 0 Å². The van der Waals surface area contributed by atoms with Gasteiger partial charge in [0, 0.05) is 43.4 Å². The van der Waals surface area contributed by atoms with Crippen molar-refractivity contribution in [3.63, 3.8) is 0 Å². The van der Waals surface area contributed by atoms with Crippen molar-refractivity contribution in [1.82, 2.24) is 20.0 Å². The predicted octanol–water partition coefficient (Wildman–Crippen LogP) is 5.11. The third kappa shape index (κ3) is 7.34. The molecule has 1 aromatic heterocycles. The molecule has 45 heavy (non-hydrogen) atoms. The predicted molar refractivity (Wildman–Crippen MR) is 173 cm³/mol. The van der Waals surface area contributed by atoms with Crippen LogP contribution in [-0.4, -0.2) is 85.9 Å². The third-order valence-electron chi connectivity index (χ3n) is 8.14. The highest BCUT2D eigenvalue weighted by molar-refractivity contribution is 5.97. The van der Waals surface area contributed by atoms with Crippen molar-refractivity contribution in [2.24, 2.45) is 0 Å². The molecule has 5 rings (SSSR count). The summed E-state index contributed by atoms with van der Waals surface area (Å²) >= 11 is 0. The first-order chi connectivity index (χ1) is 21.9. The summed E-state index contributed by atoms with van der Waals surface area (Å²) in [4.78, 5) is 33.2. The van der Waals surface area contributed by atoms with Gasteiger partial charge in [0.1, 0.15) is 23.8 Å². The number of amides is 2. The Bertz CT molecular complexity index is 1600. The Morgan fingerprint density at radius 1 is 0.800 bits per heavy atom. The van der Waals surface area contributed by atoms with Gasteiger partial charge in [0.25, 0.3) is 5.91 Å². The first kappa shape index (κ1) is 31.3. The van der Waals surface area contributed by atoms with Crippen molar-refractivity contribution in [1.29, 1.82) is 0 Å². The van der Waals surface area contributed by atoms with E-state index in [2.05, 4.69) is 15.1 Å². The van der Waals surface area contributed by atoms with Crippen LogP contribution in [0.5, 0.6) is 17.2 Å². The van der Waals surface area contributed by atoms with E-state index in [1.165, 1.54) is 0 Å².